The summed E-state index contributed by atoms with van der Waals surface area (Å²) in [6, 6.07) is 13.7. The van der Waals surface area contributed by atoms with Crippen LogP contribution in [0.2, 0.25) is 0 Å². The molecule has 7 nitrogen and oxygen atoms in total. The molecule has 0 bridgehead atoms. The van der Waals surface area contributed by atoms with Crippen LogP contribution in [0.5, 0.6) is 0 Å². The number of aromatic nitrogens is 1. The van der Waals surface area contributed by atoms with E-state index in [-0.39, 0.29) is 35.6 Å². The van der Waals surface area contributed by atoms with Gasteiger partial charge in [0.2, 0.25) is 17.7 Å². The highest BCUT2D eigenvalue weighted by molar-refractivity contribution is 6.00. The Hall–Kier alpha value is -3.61. The van der Waals surface area contributed by atoms with E-state index in [2.05, 4.69) is 22.8 Å². The molecular weight excluding hydrogens is 476 g/mol. The SMILES string of the molecule is CC(C)C[C@@H]1C(=O)N[C@H](C2Cc3ccccc3C2)C(=O)N1[C@@H](C(=O)NC(C)C)c1ccc2c(ccn2C)c1. The molecule has 0 unspecified atom stereocenters. The lowest BCUT2D eigenvalue weighted by atomic mass is 9.87. The molecule has 0 saturated carbocycles. The van der Waals surface area contributed by atoms with Crippen LogP contribution in [0.25, 0.3) is 10.9 Å². The van der Waals surface area contributed by atoms with Crippen molar-refractivity contribution in [1.82, 2.24) is 20.1 Å². The van der Waals surface area contributed by atoms with Crippen molar-refractivity contribution in [3.63, 3.8) is 0 Å². The molecule has 5 rings (SSSR count). The van der Waals surface area contributed by atoms with E-state index >= 15 is 0 Å². The smallest absolute Gasteiger partial charge is 0.247 e. The number of nitrogens with one attached hydrogen (secondary N) is 2. The van der Waals surface area contributed by atoms with Gasteiger partial charge in [-0.2, -0.15) is 0 Å². The predicted molar refractivity (Wildman–Crippen MR) is 148 cm³/mol. The molecule has 1 saturated heterocycles. The van der Waals surface area contributed by atoms with Crippen molar-refractivity contribution < 1.29 is 14.4 Å². The van der Waals surface area contributed by atoms with Crippen molar-refractivity contribution in [3.05, 3.63) is 71.4 Å². The standard InChI is InChI=1S/C31H38N4O3/c1-18(2)14-26-29(36)33-27(24-15-20-8-6-7-9-21(20)16-24)31(38)35(26)28(30(37)32-19(3)4)23-10-11-25-22(17-23)12-13-34(25)5/h6-13,17-19,24,26-28H,14-16H2,1-5H3,(H,32,37)(H,33,36)/t26-,27-,28-/m1/s1. The second kappa shape index (κ2) is 10.3. The van der Waals surface area contributed by atoms with Crippen molar-refractivity contribution in [1.29, 1.82) is 0 Å². The Labute approximate surface area is 224 Å². The number of rotatable bonds is 7. The first-order valence-electron chi connectivity index (χ1n) is 13.7. The quantitative estimate of drug-likeness (QED) is 0.502. The van der Waals surface area contributed by atoms with Crippen LogP contribution in [-0.2, 0) is 34.3 Å². The van der Waals surface area contributed by atoms with Crippen LogP contribution in [-0.4, -0.2) is 45.3 Å². The van der Waals surface area contributed by atoms with Crippen LogP contribution in [0.4, 0.5) is 0 Å². The molecule has 7 heteroatoms. The lowest BCUT2D eigenvalue weighted by Crippen LogP contribution is -2.67. The maximum atomic E-state index is 14.4. The molecule has 1 aliphatic carbocycles. The molecule has 3 aromatic rings. The molecule has 1 aromatic heterocycles. The maximum Gasteiger partial charge on any atom is 0.247 e. The van der Waals surface area contributed by atoms with Gasteiger partial charge >= 0.3 is 0 Å². The first-order chi connectivity index (χ1) is 18.1. The number of fused-ring (bicyclic) bond motifs is 2. The highest BCUT2D eigenvalue weighted by Gasteiger charge is 2.49. The Morgan fingerprint density at radius 2 is 1.71 bits per heavy atom. The second-order valence-electron chi connectivity index (χ2n) is 11.6. The Bertz CT molecular complexity index is 1350. The van der Waals surface area contributed by atoms with Gasteiger partial charge in [0.1, 0.15) is 18.1 Å². The topological polar surface area (TPSA) is 83.4 Å². The first-order valence-corrected chi connectivity index (χ1v) is 13.7. The molecule has 3 atom stereocenters. The van der Waals surface area contributed by atoms with E-state index in [4.69, 9.17) is 0 Å². The van der Waals surface area contributed by atoms with Crippen LogP contribution in [0.1, 0.15) is 56.8 Å². The second-order valence-corrected chi connectivity index (χ2v) is 11.6. The zero-order valence-electron chi connectivity index (χ0n) is 22.9. The van der Waals surface area contributed by atoms with E-state index in [1.54, 1.807) is 4.90 Å². The van der Waals surface area contributed by atoms with Crippen LogP contribution in [0, 0.1) is 11.8 Å². The van der Waals surface area contributed by atoms with E-state index < -0.39 is 18.1 Å². The van der Waals surface area contributed by atoms with Crippen molar-refractivity contribution in [2.45, 2.75) is 71.1 Å². The summed E-state index contributed by atoms with van der Waals surface area (Å²) < 4.78 is 2.02. The summed E-state index contributed by atoms with van der Waals surface area (Å²) in [5.41, 5.74) is 4.20. The van der Waals surface area contributed by atoms with Crippen LogP contribution >= 0.6 is 0 Å². The molecular formula is C31H38N4O3. The van der Waals surface area contributed by atoms with Crippen molar-refractivity contribution in [2.75, 3.05) is 0 Å². The number of piperazine rings is 1. The highest BCUT2D eigenvalue weighted by atomic mass is 16.2. The number of benzene rings is 2. The van der Waals surface area contributed by atoms with Gasteiger partial charge in [-0.25, -0.2) is 0 Å². The van der Waals surface area contributed by atoms with Crippen molar-refractivity contribution >= 4 is 28.6 Å². The van der Waals surface area contributed by atoms with Crippen LogP contribution < -0.4 is 10.6 Å². The van der Waals surface area contributed by atoms with Crippen molar-refractivity contribution in [2.24, 2.45) is 18.9 Å². The Morgan fingerprint density at radius 1 is 1.03 bits per heavy atom. The largest absolute Gasteiger partial charge is 0.352 e. The third kappa shape index (κ3) is 4.82. The summed E-state index contributed by atoms with van der Waals surface area (Å²) in [5.74, 6) is -0.497. The maximum absolute atomic E-state index is 14.4. The number of hydrogen-bond donors (Lipinski definition) is 2. The summed E-state index contributed by atoms with van der Waals surface area (Å²) in [6.07, 6.45) is 3.92. The average Bonchev–Trinajstić information content (AvgIpc) is 3.45. The first kappa shape index (κ1) is 26.0. The minimum absolute atomic E-state index is 0.0447. The van der Waals surface area contributed by atoms with E-state index in [1.807, 2.05) is 81.9 Å². The Morgan fingerprint density at radius 3 is 2.34 bits per heavy atom. The third-order valence-corrected chi connectivity index (χ3v) is 7.89. The zero-order valence-corrected chi connectivity index (χ0v) is 22.9. The van der Waals surface area contributed by atoms with Gasteiger partial charge in [-0.1, -0.05) is 44.2 Å². The Kier molecular flexibility index (Phi) is 7.03. The number of carbonyl (C=O) groups excluding carboxylic acids is 3. The lowest BCUT2D eigenvalue weighted by Gasteiger charge is -2.45. The highest BCUT2D eigenvalue weighted by Crippen LogP contribution is 2.36. The zero-order chi connectivity index (χ0) is 27.1. The minimum atomic E-state index is -0.907. The fraction of sp³-hybridized carbons (Fsp3) is 0.452. The van der Waals surface area contributed by atoms with E-state index in [0.29, 0.717) is 12.0 Å². The molecule has 3 amide bonds. The normalized spacial score (nSPS) is 20.8. The number of aryl methyl sites for hydroxylation is 1. The summed E-state index contributed by atoms with van der Waals surface area (Å²) in [7, 11) is 1.98. The number of nitrogens with zero attached hydrogens (tertiary/aromatic N) is 2. The third-order valence-electron chi connectivity index (χ3n) is 7.89. The number of carbonyl (C=O) groups is 3. The van der Waals surface area contributed by atoms with E-state index in [0.717, 1.165) is 23.7 Å². The molecule has 0 spiro atoms. The van der Waals surface area contributed by atoms with E-state index in [9.17, 15) is 14.4 Å². The Balaban J connectivity index is 1.58. The average molecular weight is 515 g/mol. The molecule has 2 aromatic carbocycles. The molecule has 0 radical (unpaired) electrons. The van der Waals surface area contributed by atoms with Crippen LogP contribution in [0.15, 0.2) is 54.7 Å². The number of hydrogen-bond acceptors (Lipinski definition) is 3. The minimum Gasteiger partial charge on any atom is -0.352 e. The fourth-order valence-corrected chi connectivity index (χ4v) is 6.15. The predicted octanol–water partition coefficient (Wildman–Crippen LogP) is 3.90. The van der Waals surface area contributed by atoms with Gasteiger partial charge in [-0.3, -0.25) is 14.4 Å². The van der Waals surface area contributed by atoms with Gasteiger partial charge < -0.3 is 20.1 Å². The number of amides is 3. The summed E-state index contributed by atoms with van der Waals surface area (Å²) >= 11 is 0. The van der Waals surface area contributed by atoms with Crippen molar-refractivity contribution in [3.8, 4) is 0 Å². The monoisotopic (exact) mass is 514 g/mol. The van der Waals surface area contributed by atoms with E-state index in [1.165, 1.54) is 11.1 Å². The molecule has 2 N–H and O–H groups in total. The van der Waals surface area contributed by atoms with Gasteiger partial charge in [0.05, 0.1) is 0 Å². The molecule has 1 aliphatic heterocycles. The summed E-state index contributed by atoms with van der Waals surface area (Å²) in [5, 5.41) is 7.10. The fourth-order valence-electron chi connectivity index (χ4n) is 6.15. The summed E-state index contributed by atoms with van der Waals surface area (Å²) in [6.45, 7) is 7.89. The lowest BCUT2D eigenvalue weighted by molar-refractivity contribution is -0.158. The van der Waals surface area contributed by atoms with Crippen LogP contribution in [0.3, 0.4) is 0 Å². The van der Waals surface area contributed by atoms with Gasteiger partial charge in [-0.15, -0.1) is 0 Å². The van der Waals surface area contributed by atoms with Gasteiger partial charge in [0.15, 0.2) is 0 Å². The molecule has 38 heavy (non-hydrogen) atoms. The molecule has 2 heterocycles. The molecule has 2 aliphatic rings. The van der Waals surface area contributed by atoms with Gasteiger partial charge in [0, 0.05) is 24.8 Å². The van der Waals surface area contributed by atoms with Gasteiger partial charge in [0.25, 0.3) is 0 Å². The van der Waals surface area contributed by atoms with Gasteiger partial charge in [-0.05, 0) is 85.2 Å². The summed E-state index contributed by atoms with van der Waals surface area (Å²) in [4.78, 5) is 43.5. The molecule has 1 fully saturated rings. The molecule has 200 valence electrons.